The highest BCUT2D eigenvalue weighted by Gasteiger charge is 2.71. The van der Waals surface area contributed by atoms with Gasteiger partial charge in [-0.3, -0.25) is 4.79 Å². The third-order valence-electron chi connectivity index (χ3n) is 13.0. The van der Waals surface area contributed by atoms with Gasteiger partial charge in [0.15, 0.2) is 0 Å². The summed E-state index contributed by atoms with van der Waals surface area (Å²) in [6.07, 6.45) is 8.43. The summed E-state index contributed by atoms with van der Waals surface area (Å²) in [6.45, 7) is 17.8. The second-order valence-electron chi connectivity index (χ2n) is 15.2. The van der Waals surface area contributed by atoms with Crippen LogP contribution in [0, 0.1) is 45.3 Å². The number of Topliss-reactive ketones (excluding diaryl/α,β-unsaturated/α-hetero) is 1. The van der Waals surface area contributed by atoms with E-state index in [2.05, 4.69) is 41.5 Å². The first-order valence-electron chi connectivity index (χ1n) is 14.1. The molecule has 0 aromatic rings. The molecule has 5 rings (SSSR count). The van der Waals surface area contributed by atoms with Crippen molar-refractivity contribution < 1.29 is 19.7 Å². The van der Waals surface area contributed by atoms with Crippen LogP contribution in [-0.4, -0.2) is 39.4 Å². The normalized spacial score (nSPS) is 54.9. The minimum Gasteiger partial charge on any atom is -0.393 e. The number of ketones is 1. The minimum atomic E-state index is -0.833. The number of fused-ring (bicyclic) bond motifs is 5. The van der Waals surface area contributed by atoms with Crippen LogP contribution >= 0.6 is 0 Å². The molecule has 4 saturated carbocycles. The topological polar surface area (TPSA) is 66.8 Å². The van der Waals surface area contributed by atoms with Crippen LogP contribution in [-0.2, 0) is 9.53 Å². The van der Waals surface area contributed by atoms with E-state index in [9.17, 15) is 15.0 Å². The Bertz CT molecular complexity index is 858. The molecule has 4 heteroatoms. The highest BCUT2D eigenvalue weighted by atomic mass is 16.5. The SMILES string of the molecule is CC(C)(O)[C@H]1CC[C@@](C)([C@H]2CC[C@@]3(C)[C@H]2[C@@H](O)C[C@@H]2[C@@]4(C)CCC(=O)C(C)(C)[C@@H]4CC[C@]23C)O1. The Kier molecular flexibility index (Phi) is 5.42. The van der Waals surface area contributed by atoms with Crippen LogP contribution in [0.3, 0.4) is 0 Å². The molecule has 4 aliphatic carbocycles. The molecular weight excluding hydrogens is 424 g/mol. The second kappa shape index (κ2) is 7.32. The summed E-state index contributed by atoms with van der Waals surface area (Å²) in [5.41, 5.74) is -1.03. The van der Waals surface area contributed by atoms with Gasteiger partial charge in [0.2, 0.25) is 0 Å². The Labute approximate surface area is 207 Å². The third kappa shape index (κ3) is 3.09. The quantitative estimate of drug-likeness (QED) is 0.521. The van der Waals surface area contributed by atoms with Crippen molar-refractivity contribution in [2.45, 2.75) is 137 Å². The first kappa shape index (κ1) is 25.2. The molecule has 1 saturated heterocycles. The van der Waals surface area contributed by atoms with E-state index in [0.717, 1.165) is 51.4 Å². The van der Waals surface area contributed by atoms with Crippen molar-refractivity contribution in [3.63, 3.8) is 0 Å². The average Bonchev–Trinajstić information content (AvgIpc) is 3.30. The van der Waals surface area contributed by atoms with E-state index in [1.54, 1.807) is 0 Å². The summed E-state index contributed by atoms with van der Waals surface area (Å²) >= 11 is 0. The van der Waals surface area contributed by atoms with E-state index in [-0.39, 0.29) is 45.4 Å². The predicted octanol–water partition coefficient (Wildman–Crippen LogP) is 5.92. The van der Waals surface area contributed by atoms with Gasteiger partial charge in [0.05, 0.1) is 23.4 Å². The molecule has 0 amide bonds. The Morgan fingerprint density at radius 1 is 0.882 bits per heavy atom. The van der Waals surface area contributed by atoms with Gasteiger partial charge in [0.25, 0.3) is 0 Å². The maximum absolute atomic E-state index is 12.9. The van der Waals surface area contributed by atoms with Crippen molar-refractivity contribution in [1.82, 2.24) is 0 Å². The van der Waals surface area contributed by atoms with Gasteiger partial charge in [-0.15, -0.1) is 0 Å². The van der Waals surface area contributed by atoms with E-state index < -0.39 is 5.60 Å². The lowest BCUT2D eigenvalue weighted by Gasteiger charge is -2.69. The molecule has 10 atom stereocenters. The van der Waals surface area contributed by atoms with Gasteiger partial charge in [-0.2, -0.15) is 0 Å². The zero-order valence-corrected chi connectivity index (χ0v) is 23.0. The fraction of sp³-hybridized carbons (Fsp3) is 0.967. The smallest absolute Gasteiger partial charge is 0.138 e. The average molecular weight is 475 g/mol. The highest BCUT2D eigenvalue weighted by Crippen LogP contribution is 2.75. The molecule has 2 N–H and O–H groups in total. The van der Waals surface area contributed by atoms with Gasteiger partial charge >= 0.3 is 0 Å². The van der Waals surface area contributed by atoms with Gasteiger partial charge in [0.1, 0.15) is 5.78 Å². The second-order valence-corrected chi connectivity index (χ2v) is 15.2. The van der Waals surface area contributed by atoms with E-state index in [1.165, 1.54) is 0 Å². The Balaban J connectivity index is 1.49. The van der Waals surface area contributed by atoms with Crippen molar-refractivity contribution >= 4 is 5.78 Å². The third-order valence-corrected chi connectivity index (χ3v) is 13.0. The Hall–Kier alpha value is -0.450. The molecule has 0 aromatic heterocycles. The lowest BCUT2D eigenvalue weighted by atomic mass is 9.35. The van der Waals surface area contributed by atoms with Gasteiger partial charge in [-0.05, 0) is 112 Å². The summed E-state index contributed by atoms with van der Waals surface area (Å²) in [6, 6.07) is 0. The molecule has 34 heavy (non-hydrogen) atoms. The number of carbonyl (C=O) groups is 1. The maximum Gasteiger partial charge on any atom is 0.138 e. The number of hydrogen-bond acceptors (Lipinski definition) is 4. The van der Waals surface area contributed by atoms with Crippen molar-refractivity contribution in [1.29, 1.82) is 0 Å². The number of aliphatic hydroxyl groups excluding tert-OH is 1. The van der Waals surface area contributed by atoms with Crippen molar-refractivity contribution in [2.24, 2.45) is 45.3 Å². The van der Waals surface area contributed by atoms with Crippen LogP contribution in [0.2, 0.25) is 0 Å². The molecule has 0 bridgehead atoms. The van der Waals surface area contributed by atoms with Crippen LogP contribution in [0.15, 0.2) is 0 Å². The molecule has 0 radical (unpaired) electrons. The first-order valence-corrected chi connectivity index (χ1v) is 14.1. The summed E-state index contributed by atoms with van der Waals surface area (Å²) < 4.78 is 6.65. The Morgan fingerprint density at radius 2 is 1.53 bits per heavy atom. The van der Waals surface area contributed by atoms with Gasteiger partial charge < -0.3 is 14.9 Å². The number of aliphatic hydroxyl groups is 2. The van der Waals surface area contributed by atoms with E-state index in [4.69, 9.17) is 4.74 Å². The standard InChI is InChI=1S/C30H50O4/c1-25(2)20-10-15-28(6)21(27(20,5)13-11-22(25)32)17-19(31)24-18(9-14-29(24,28)7)30(8)16-12-23(34-30)26(3,4)33/h18-21,23-24,31,33H,9-17H2,1-8H3/t18-,19-,20-,21+,23+,24+,27-,28+,29-,30-/m0/s1. The van der Waals surface area contributed by atoms with Gasteiger partial charge in [-0.1, -0.05) is 34.6 Å². The van der Waals surface area contributed by atoms with E-state index in [1.807, 2.05) is 13.8 Å². The largest absolute Gasteiger partial charge is 0.393 e. The molecule has 0 spiro atoms. The molecule has 5 fully saturated rings. The van der Waals surface area contributed by atoms with Crippen LogP contribution < -0.4 is 0 Å². The Morgan fingerprint density at radius 3 is 2.15 bits per heavy atom. The fourth-order valence-corrected chi connectivity index (χ4v) is 10.9. The predicted molar refractivity (Wildman–Crippen MR) is 134 cm³/mol. The molecule has 0 aromatic carbocycles. The summed E-state index contributed by atoms with van der Waals surface area (Å²) in [4.78, 5) is 12.9. The molecule has 1 heterocycles. The molecule has 4 nitrogen and oxygen atoms in total. The first-order chi connectivity index (χ1) is 15.5. The lowest BCUT2D eigenvalue weighted by molar-refractivity contribution is -0.235. The number of rotatable bonds is 2. The van der Waals surface area contributed by atoms with Crippen molar-refractivity contribution in [3.8, 4) is 0 Å². The van der Waals surface area contributed by atoms with Crippen molar-refractivity contribution in [2.75, 3.05) is 0 Å². The summed E-state index contributed by atoms with van der Waals surface area (Å²) in [5.74, 6) is 1.85. The van der Waals surface area contributed by atoms with Crippen LogP contribution in [0.5, 0.6) is 0 Å². The number of hydrogen-bond donors (Lipinski definition) is 2. The lowest BCUT2D eigenvalue weighted by Crippen LogP contribution is -2.66. The molecule has 0 unspecified atom stereocenters. The van der Waals surface area contributed by atoms with Gasteiger partial charge in [0, 0.05) is 11.8 Å². The highest BCUT2D eigenvalue weighted by molar-refractivity contribution is 5.85. The molecular formula is C30H50O4. The number of ether oxygens (including phenoxy) is 1. The number of carbonyl (C=O) groups excluding carboxylic acids is 1. The van der Waals surface area contributed by atoms with E-state index in [0.29, 0.717) is 30.0 Å². The summed E-state index contributed by atoms with van der Waals surface area (Å²) in [5, 5.41) is 22.5. The summed E-state index contributed by atoms with van der Waals surface area (Å²) in [7, 11) is 0. The minimum absolute atomic E-state index is 0.0682. The maximum atomic E-state index is 12.9. The van der Waals surface area contributed by atoms with Crippen molar-refractivity contribution in [3.05, 3.63) is 0 Å². The molecule has 1 aliphatic heterocycles. The van der Waals surface area contributed by atoms with Crippen LogP contribution in [0.1, 0.15) is 113 Å². The fourth-order valence-electron chi connectivity index (χ4n) is 10.9. The van der Waals surface area contributed by atoms with E-state index >= 15 is 0 Å². The monoisotopic (exact) mass is 474 g/mol. The zero-order valence-electron chi connectivity index (χ0n) is 23.0. The molecule has 194 valence electrons. The zero-order chi connectivity index (χ0) is 25.1. The van der Waals surface area contributed by atoms with Crippen LogP contribution in [0.25, 0.3) is 0 Å². The molecule has 5 aliphatic rings. The van der Waals surface area contributed by atoms with Crippen LogP contribution in [0.4, 0.5) is 0 Å². The van der Waals surface area contributed by atoms with Gasteiger partial charge in [-0.25, -0.2) is 0 Å².